The molecule has 0 aliphatic heterocycles. The standard InChI is InChI=1S/C18H16N2O/c1-21-17-10-7-14(8-11-17)13-16-9-12-18(20-19-16)15-5-3-2-4-6-15/h2-12H,13H2,1H3. The lowest BCUT2D eigenvalue weighted by Gasteiger charge is -2.04. The number of aromatic nitrogens is 2. The number of hydrogen-bond acceptors (Lipinski definition) is 3. The molecule has 0 bridgehead atoms. The van der Waals surface area contributed by atoms with Gasteiger partial charge in [-0.25, -0.2) is 0 Å². The van der Waals surface area contributed by atoms with Crippen LogP contribution in [0.25, 0.3) is 11.3 Å². The minimum absolute atomic E-state index is 0.770. The highest BCUT2D eigenvalue weighted by Crippen LogP contribution is 2.17. The Morgan fingerprint density at radius 1 is 0.810 bits per heavy atom. The van der Waals surface area contributed by atoms with E-state index in [9.17, 15) is 0 Å². The number of rotatable bonds is 4. The monoisotopic (exact) mass is 276 g/mol. The SMILES string of the molecule is COc1ccc(Cc2ccc(-c3ccccc3)nn2)cc1. The fraction of sp³-hybridized carbons (Fsp3) is 0.111. The van der Waals surface area contributed by atoms with Crippen molar-refractivity contribution in [2.75, 3.05) is 7.11 Å². The number of benzene rings is 2. The number of hydrogen-bond donors (Lipinski definition) is 0. The number of ether oxygens (including phenoxy) is 1. The summed E-state index contributed by atoms with van der Waals surface area (Å²) in [5.74, 6) is 0.865. The van der Waals surface area contributed by atoms with Gasteiger partial charge in [0.1, 0.15) is 5.75 Å². The van der Waals surface area contributed by atoms with Crippen LogP contribution < -0.4 is 4.74 Å². The van der Waals surface area contributed by atoms with Crippen LogP contribution in [0.15, 0.2) is 66.7 Å². The van der Waals surface area contributed by atoms with Crippen LogP contribution >= 0.6 is 0 Å². The Kier molecular flexibility index (Phi) is 3.92. The Morgan fingerprint density at radius 2 is 1.57 bits per heavy atom. The molecule has 0 atom stereocenters. The molecule has 0 unspecified atom stereocenters. The molecule has 0 amide bonds. The molecule has 3 aromatic rings. The summed E-state index contributed by atoms with van der Waals surface area (Å²) in [5, 5.41) is 8.62. The van der Waals surface area contributed by atoms with Crippen molar-refractivity contribution in [1.29, 1.82) is 0 Å². The van der Waals surface area contributed by atoms with Crippen LogP contribution in [0.4, 0.5) is 0 Å². The minimum atomic E-state index is 0.770. The van der Waals surface area contributed by atoms with E-state index >= 15 is 0 Å². The lowest BCUT2D eigenvalue weighted by atomic mass is 10.1. The highest BCUT2D eigenvalue weighted by molar-refractivity contribution is 5.58. The molecule has 2 aromatic carbocycles. The molecule has 21 heavy (non-hydrogen) atoms. The summed E-state index contributed by atoms with van der Waals surface area (Å²) in [7, 11) is 1.67. The largest absolute Gasteiger partial charge is 0.497 e. The van der Waals surface area contributed by atoms with Gasteiger partial charge in [-0.05, 0) is 29.8 Å². The summed E-state index contributed by atoms with van der Waals surface area (Å²) >= 11 is 0. The van der Waals surface area contributed by atoms with Crippen molar-refractivity contribution >= 4 is 0 Å². The van der Waals surface area contributed by atoms with E-state index in [1.165, 1.54) is 5.56 Å². The van der Waals surface area contributed by atoms with Gasteiger partial charge in [0.05, 0.1) is 18.5 Å². The second-order valence-corrected chi connectivity index (χ2v) is 4.80. The number of nitrogens with zero attached hydrogens (tertiary/aromatic N) is 2. The zero-order valence-corrected chi connectivity index (χ0v) is 11.9. The Bertz CT molecular complexity index is 692. The van der Waals surface area contributed by atoms with Crippen LogP contribution in [0.2, 0.25) is 0 Å². The third-order valence-corrected chi connectivity index (χ3v) is 3.33. The Labute approximate surface area is 124 Å². The van der Waals surface area contributed by atoms with E-state index in [0.717, 1.165) is 29.1 Å². The molecule has 0 radical (unpaired) electrons. The maximum absolute atomic E-state index is 5.16. The maximum atomic E-state index is 5.16. The normalized spacial score (nSPS) is 10.3. The molecule has 3 heteroatoms. The predicted octanol–water partition coefficient (Wildman–Crippen LogP) is 3.74. The fourth-order valence-electron chi connectivity index (χ4n) is 2.17. The molecule has 0 fully saturated rings. The minimum Gasteiger partial charge on any atom is -0.497 e. The van der Waals surface area contributed by atoms with Crippen LogP contribution in [0.1, 0.15) is 11.3 Å². The molecule has 0 aliphatic carbocycles. The van der Waals surface area contributed by atoms with Gasteiger partial charge in [-0.2, -0.15) is 10.2 Å². The molecule has 1 heterocycles. The van der Waals surface area contributed by atoms with Crippen molar-refractivity contribution < 1.29 is 4.74 Å². The molecule has 3 nitrogen and oxygen atoms in total. The first-order valence-corrected chi connectivity index (χ1v) is 6.86. The first-order chi connectivity index (χ1) is 10.3. The summed E-state index contributed by atoms with van der Waals surface area (Å²) in [6, 6.07) is 22.1. The smallest absolute Gasteiger partial charge is 0.118 e. The van der Waals surface area contributed by atoms with Gasteiger partial charge in [0.2, 0.25) is 0 Å². The van der Waals surface area contributed by atoms with E-state index in [1.807, 2.05) is 66.7 Å². The van der Waals surface area contributed by atoms with Crippen LogP contribution in [0.5, 0.6) is 5.75 Å². The second-order valence-electron chi connectivity index (χ2n) is 4.80. The van der Waals surface area contributed by atoms with E-state index in [4.69, 9.17) is 4.74 Å². The van der Waals surface area contributed by atoms with Crippen molar-refractivity contribution in [1.82, 2.24) is 10.2 Å². The van der Waals surface area contributed by atoms with E-state index in [1.54, 1.807) is 7.11 Å². The Balaban J connectivity index is 1.75. The molecule has 3 rings (SSSR count). The van der Waals surface area contributed by atoms with Gasteiger partial charge in [-0.15, -0.1) is 0 Å². The molecular formula is C18H16N2O. The molecule has 0 saturated carbocycles. The molecule has 0 N–H and O–H groups in total. The summed E-state index contributed by atoms with van der Waals surface area (Å²) < 4.78 is 5.16. The summed E-state index contributed by atoms with van der Waals surface area (Å²) in [6.45, 7) is 0. The molecular weight excluding hydrogens is 260 g/mol. The average molecular weight is 276 g/mol. The molecule has 0 saturated heterocycles. The van der Waals surface area contributed by atoms with Crippen molar-refractivity contribution in [3.05, 3.63) is 78.0 Å². The molecule has 104 valence electrons. The lowest BCUT2D eigenvalue weighted by Crippen LogP contribution is -1.96. The first kappa shape index (κ1) is 13.3. The van der Waals surface area contributed by atoms with E-state index in [-0.39, 0.29) is 0 Å². The highest BCUT2D eigenvalue weighted by atomic mass is 16.5. The van der Waals surface area contributed by atoms with E-state index in [2.05, 4.69) is 10.2 Å². The van der Waals surface area contributed by atoms with Gasteiger partial charge < -0.3 is 4.74 Å². The van der Waals surface area contributed by atoms with Crippen molar-refractivity contribution in [3.63, 3.8) is 0 Å². The van der Waals surface area contributed by atoms with Gasteiger partial charge in [0.25, 0.3) is 0 Å². The summed E-state index contributed by atoms with van der Waals surface area (Å²) in [5.41, 5.74) is 4.13. The van der Waals surface area contributed by atoms with Gasteiger partial charge >= 0.3 is 0 Å². The van der Waals surface area contributed by atoms with Gasteiger partial charge in [-0.1, -0.05) is 42.5 Å². The topological polar surface area (TPSA) is 35.0 Å². The van der Waals surface area contributed by atoms with Crippen molar-refractivity contribution in [3.8, 4) is 17.0 Å². The molecule has 1 aromatic heterocycles. The van der Waals surface area contributed by atoms with Crippen LogP contribution in [-0.2, 0) is 6.42 Å². The summed E-state index contributed by atoms with van der Waals surface area (Å²) in [4.78, 5) is 0. The van der Waals surface area contributed by atoms with Gasteiger partial charge in [-0.3, -0.25) is 0 Å². The number of methoxy groups -OCH3 is 1. The second kappa shape index (κ2) is 6.18. The third-order valence-electron chi connectivity index (χ3n) is 3.33. The van der Waals surface area contributed by atoms with E-state index in [0.29, 0.717) is 0 Å². The lowest BCUT2D eigenvalue weighted by molar-refractivity contribution is 0.414. The zero-order chi connectivity index (χ0) is 14.5. The molecule has 0 aliphatic rings. The first-order valence-electron chi connectivity index (χ1n) is 6.86. The third kappa shape index (κ3) is 3.26. The fourth-order valence-corrected chi connectivity index (χ4v) is 2.17. The Hall–Kier alpha value is -2.68. The maximum Gasteiger partial charge on any atom is 0.118 e. The van der Waals surface area contributed by atoms with Gasteiger partial charge in [0.15, 0.2) is 0 Å². The van der Waals surface area contributed by atoms with Gasteiger partial charge in [0, 0.05) is 12.0 Å². The van der Waals surface area contributed by atoms with Crippen LogP contribution in [0.3, 0.4) is 0 Å². The highest BCUT2D eigenvalue weighted by Gasteiger charge is 2.02. The quantitative estimate of drug-likeness (QED) is 0.728. The van der Waals surface area contributed by atoms with Crippen LogP contribution in [-0.4, -0.2) is 17.3 Å². The average Bonchev–Trinajstić information content (AvgIpc) is 2.57. The summed E-state index contributed by atoms with van der Waals surface area (Å²) in [6.07, 6.45) is 0.770. The predicted molar refractivity (Wildman–Crippen MR) is 83.3 cm³/mol. The van der Waals surface area contributed by atoms with Crippen molar-refractivity contribution in [2.24, 2.45) is 0 Å². The van der Waals surface area contributed by atoms with E-state index < -0.39 is 0 Å². The molecule has 0 spiro atoms. The van der Waals surface area contributed by atoms with Crippen LogP contribution in [0, 0.1) is 0 Å². The zero-order valence-electron chi connectivity index (χ0n) is 11.9. The van der Waals surface area contributed by atoms with Crippen molar-refractivity contribution in [2.45, 2.75) is 6.42 Å². The Morgan fingerprint density at radius 3 is 2.19 bits per heavy atom.